The zero-order valence-corrected chi connectivity index (χ0v) is 20.2. The van der Waals surface area contributed by atoms with Crippen molar-refractivity contribution in [3.8, 4) is 6.07 Å². The largest absolute Gasteiger partial charge is 0.412 e. The zero-order chi connectivity index (χ0) is 22.2. The molecule has 6 nitrogen and oxygen atoms in total. The Bertz CT molecular complexity index is 757. The van der Waals surface area contributed by atoms with Crippen molar-refractivity contribution in [2.24, 2.45) is 40.9 Å². The Hall–Kier alpha value is -1.42. The lowest BCUT2D eigenvalue weighted by molar-refractivity contribution is -0.0965. The second-order valence-corrected chi connectivity index (χ2v) is 11.6. The standard InChI is InChI=1S/C26H42N4O.H2O/c1-25(31)10-8-19-18(12-25)4-5-21-20(19)9-11-26(2)22(21)6-7-23(26)24(28)16-30-15-17(13-27)14-29-3;/h15,18-23,28-31H,4-12,14,16H2,1-3H3;1H2/b17-15-,28-24?;/t18?,19?,20?,21?,22?,23?,25-,26?;/m1./s1. The van der Waals surface area contributed by atoms with Gasteiger partial charge in [0.05, 0.1) is 23.8 Å². The van der Waals surface area contributed by atoms with E-state index in [9.17, 15) is 10.4 Å². The summed E-state index contributed by atoms with van der Waals surface area (Å²) in [6.45, 7) is 5.63. The Morgan fingerprint density at radius 1 is 1.06 bits per heavy atom. The molecule has 0 amide bonds. The number of hydrogen-bond acceptors (Lipinski definition) is 5. The van der Waals surface area contributed by atoms with E-state index in [2.05, 4.69) is 23.6 Å². The number of likely N-dealkylation sites (N-methyl/N-ethyl adjacent to an activating group) is 1. The van der Waals surface area contributed by atoms with Gasteiger partial charge in [0.2, 0.25) is 0 Å². The maximum atomic E-state index is 10.6. The summed E-state index contributed by atoms with van der Waals surface area (Å²) in [4.78, 5) is 0. The van der Waals surface area contributed by atoms with Gasteiger partial charge in [-0.15, -0.1) is 0 Å². The molecule has 8 atom stereocenters. The first-order chi connectivity index (χ1) is 14.8. The van der Waals surface area contributed by atoms with E-state index in [0.717, 1.165) is 54.6 Å². The van der Waals surface area contributed by atoms with Gasteiger partial charge in [-0.2, -0.15) is 5.26 Å². The number of rotatable bonds is 6. The molecule has 0 spiro atoms. The predicted molar refractivity (Wildman–Crippen MR) is 128 cm³/mol. The zero-order valence-electron chi connectivity index (χ0n) is 20.2. The van der Waals surface area contributed by atoms with Crippen LogP contribution in [0.2, 0.25) is 0 Å². The van der Waals surface area contributed by atoms with Crippen molar-refractivity contribution >= 4 is 5.71 Å². The highest BCUT2D eigenvalue weighted by Gasteiger charge is 2.58. The molecule has 0 heterocycles. The Balaban J connectivity index is 0.00000289. The fraction of sp³-hybridized carbons (Fsp3) is 0.846. The van der Waals surface area contributed by atoms with Gasteiger partial charge in [-0.3, -0.25) is 0 Å². The van der Waals surface area contributed by atoms with Gasteiger partial charge < -0.3 is 26.6 Å². The van der Waals surface area contributed by atoms with Crippen LogP contribution in [0.1, 0.15) is 71.6 Å². The molecule has 7 unspecified atom stereocenters. The van der Waals surface area contributed by atoms with E-state index in [-0.39, 0.29) is 10.9 Å². The van der Waals surface area contributed by atoms with Gasteiger partial charge in [0, 0.05) is 24.4 Å². The molecule has 0 aliphatic heterocycles. The fourth-order valence-corrected chi connectivity index (χ4v) is 8.37. The van der Waals surface area contributed by atoms with Crippen LogP contribution in [-0.4, -0.2) is 42.0 Å². The molecule has 4 aliphatic carbocycles. The Labute approximate surface area is 194 Å². The summed E-state index contributed by atoms with van der Waals surface area (Å²) in [5.74, 6) is 4.36. The van der Waals surface area contributed by atoms with Crippen LogP contribution in [0.4, 0.5) is 0 Å². The van der Waals surface area contributed by atoms with Crippen molar-refractivity contribution in [2.45, 2.75) is 77.2 Å². The van der Waals surface area contributed by atoms with Gasteiger partial charge in [-0.25, -0.2) is 0 Å². The Kier molecular flexibility index (Phi) is 7.74. The highest BCUT2D eigenvalue weighted by atomic mass is 16.3. The number of fused-ring (bicyclic) bond motifs is 5. The van der Waals surface area contributed by atoms with Crippen molar-refractivity contribution in [2.75, 3.05) is 20.1 Å². The van der Waals surface area contributed by atoms with Gasteiger partial charge in [-0.1, -0.05) is 6.92 Å². The molecule has 4 rings (SSSR count). The minimum Gasteiger partial charge on any atom is -0.412 e. The maximum absolute atomic E-state index is 10.6. The Morgan fingerprint density at radius 3 is 2.53 bits per heavy atom. The van der Waals surface area contributed by atoms with Crippen LogP contribution >= 0.6 is 0 Å². The lowest BCUT2D eigenvalue weighted by Gasteiger charge is -2.57. The minimum atomic E-state index is -0.440. The third-order valence-electron chi connectivity index (χ3n) is 9.74. The van der Waals surface area contributed by atoms with E-state index in [1.54, 1.807) is 6.20 Å². The maximum Gasteiger partial charge on any atom is 0.0976 e. The van der Waals surface area contributed by atoms with E-state index < -0.39 is 5.60 Å². The fourth-order valence-electron chi connectivity index (χ4n) is 8.37. The highest BCUT2D eigenvalue weighted by molar-refractivity contribution is 5.87. The van der Waals surface area contributed by atoms with E-state index in [1.807, 2.05) is 14.0 Å². The second kappa shape index (κ2) is 9.83. The summed E-state index contributed by atoms with van der Waals surface area (Å²) in [6.07, 6.45) is 12.6. The van der Waals surface area contributed by atoms with Gasteiger partial charge in [0.25, 0.3) is 0 Å². The number of nitriles is 1. The number of nitrogens with one attached hydrogen (secondary N) is 3. The summed E-state index contributed by atoms with van der Waals surface area (Å²) in [7, 11) is 1.84. The molecule has 0 radical (unpaired) electrons. The second-order valence-electron chi connectivity index (χ2n) is 11.6. The van der Waals surface area contributed by atoms with Gasteiger partial charge in [0.15, 0.2) is 0 Å². The Morgan fingerprint density at radius 2 is 1.81 bits per heavy atom. The summed E-state index contributed by atoms with van der Waals surface area (Å²) in [6, 6.07) is 2.21. The van der Waals surface area contributed by atoms with E-state index in [1.165, 1.54) is 38.5 Å². The number of aliphatic hydroxyl groups is 1. The monoisotopic (exact) mass is 444 g/mol. The third kappa shape index (κ3) is 4.62. The molecule has 0 saturated heterocycles. The summed E-state index contributed by atoms with van der Waals surface area (Å²) >= 11 is 0. The van der Waals surface area contributed by atoms with Crippen molar-refractivity contribution < 1.29 is 10.6 Å². The molecule has 6 N–H and O–H groups in total. The van der Waals surface area contributed by atoms with Crippen molar-refractivity contribution in [1.82, 2.24) is 10.6 Å². The average molecular weight is 445 g/mol. The number of hydrogen-bond donors (Lipinski definition) is 4. The van der Waals surface area contributed by atoms with Gasteiger partial charge in [0.1, 0.15) is 0 Å². The van der Waals surface area contributed by atoms with Crippen LogP contribution in [0.3, 0.4) is 0 Å². The molecule has 4 saturated carbocycles. The SMILES string of the molecule is CNC/C(C#N)=C\NCC(=N)C1CCC2C3CCC4C[C@](C)(O)CCC4C3CCC12C.O. The molecular formula is C26H44N4O2. The van der Waals surface area contributed by atoms with Crippen LogP contribution in [-0.2, 0) is 0 Å². The van der Waals surface area contributed by atoms with Gasteiger partial charge in [-0.05, 0) is 107 Å². The average Bonchev–Trinajstić information content (AvgIpc) is 3.09. The van der Waals surface area contributed by atoms with Gasteiger partial charge >= 0.3 is 0 Å². The smallest absolute Gasteiger partial charge is 0.0976 e. The lowest BCUT2D eigenvalue weighted by Crippen LogP contribution is -2.51. The predicted octanol–water partition coefficient (Wildman–Crippen LogP) is 3.42. The van der Waals surface area contributed by atoms with Crippen LogP contribution in [0.25, 0.3) is 0 Å². The molecule has 0 aromatic carbocycles. The first kappa shape index (κ1) is 25.2. The van der Waals surface area contributed by atoms with E-state index in [0.29, 0.717) is 24.6 Å². The molecule has 4 aliphatic rings. The summed E-state index contributed by atoms with van der Waals surface area (Å²) < 4.78 is 0. The summed E-state index contributed by atoms with van der Waals surface area (Å²) in [5.41, 5.74) is 1.32. The number of nitrogens with zero attached hydrogens (tertiary/aromatic N) is 1. The van der Waals surface area contributed by atoms with Crippen molar-refractivity contribution in [3.05, 3.63) is 11.8 Å². The van der Waals surface area contributed by atoms with Crippen molar-refractivity contribution in [1.29, 1.82) is 10.7 Å². The third-order valence-corrected chi connectivity index (χ3v) is 9.74. The molecule has 6 heteroatoms. The first-order valence-corrected chi connectivity index (χ1v) is 12.6. The first-order valence-electron chi connectivity index (χ1n) is 12.6. The molecule has 4 fully saturated rings. The van der Waals surface area contributed by atoms with Crippen LogP contribution in [0, 0.1) is 57.7 Å². The summed E-state index contributed by atoms with van der Waals surface area (Å²) in [5, 5.41) is 34.9. The molecule has 0 bridgehead atoms. The minimum absolute atomic E-state index is 0. The van der Waals surface area contributed by atoms with E-state index >= 15 is 0 Å². The highest BCUT2D eigenvalue weighted by Crippen LogP contribution is 2.64. The molecular weight excluding hydrogens is 400 g/mol. The molecule has 0 aromatic rings. The van der Waals surface area contributed by atoms with Crippen molar-refractivity contribution in [3.63, 3.8) is 0 Å². The van der Waals surface area contributed by atoms with Crippen LogP contribution in [0.5, 0.6) is 0 Å². The molecule has 180 valence electrons. The topological polar surface area (TPSA) is 123 Å². The van der Waals surface area contributed by atoms with Crippen LogP contribution in [0.15, 0.2) is 11.8 Å². The normalized spacial score (nSPS) is 43.2. The van der Waals surface area contributed by atoms with E-state index in [4.69, 9.17) is 5.41 Å². The quantitative estimate of drug-likeness (QED) is 0.370. The lowest BCUT2D eigenvalue weighted by atomic mass is 9.49. The van der Waals surface area contributed by atoms with Crippen LogP contribution < -0.4 is 10.6 Å². The molecule has 32 heavy (non-hydrogen) atoms. The molecule has 0 aromatic heterocycles.